The zero-order valence-electron chi connectivity index (χ0n) is 12.9. The molecule has 2 atom stereocenters. The van der Waals surface area contributed by atoms with Crippen molar-refractivity contribution >= 4 is 11.6 Å². The Kier molecular flexibility index (Phi) is 5.07. The summed E-state index contributed by atoms with van der Waals surface area (Å²) >= 11 is 6.40. The maximum atomic E-state index is 6.40. The highest BCUT2D eigenvalue weighted by Crippen LogP contribution is 2.35. The molecule has 1 aromatic rings. The van der Waals surface area contributed by atoms with Crippen molar-refractivity contribution < 1.29 is 4.74 Å². The summed E-state index contributed by atoms with van der Waals surface area (Å²) < 4.78 is 6.33. The second-order valence-electron chi connectivity index (χ2n) is 6.56. The molecule has 2 saturated carbocycles. The van der Waals surface area contributed by atoms with Crippen molar-refractivity contribution in [2.24, 2.45) is 5.92 Å². The molecule has 2 aliphatic rings. The van der Waals surface area contributed by atoms with Crippen LogP contribution in [0.5, 0.6) is 5.75 Å². The third-order valence-corrected chi connectivity index (χ3v) is 5.10. The van der Waals surface area contributed by atoms with Gasteiger partial charge in [-0.2, -0.15) is 0 Å². The third-order valence-electron chi connectivity index (χ3n) is 4.80. The van der Waals surface area contributed by atoms with Crippen molar-refractivity contribution in [3.63, 3.8) is 0 Å². The molecule has 0 amide bonds. The van der Waals surface area contributed by atoms with Crippen LogP contribution in [0.3, 0.4) is 0 Å². The van der Waals surface area contributed by atoms with E-state index < -0.39 is 0 Å². The van der Waals surface area contributed by atoms with Crippen molar-refractivity contribution in [1.29, 1.82) is 0 Å². The number of benzene rings is 1. The molecule has 2 fully saturated rings. The maximum absolute atomic E-state index is 6.40. The van der Waals surface area contributed by atoms with Crippen LogP contribution in [0.4, 0.5) is 0 Å². The van der Waals surface area contributed by atoms with Crippen molar-refractivity contribution in [2.75, 3.05) is 0 Å². The van der Waals surface area contributed by atoms with Crippen molar-refractivity contribution in [3.05, 3.63) is 28.8 Å². The number of ether oxygens (including phenoxy) is 1. The van der Waals surface area contributed by atoms with E-state index in [2.05, 4.69) is 18.3 Å². The van der Waals surface area contributed by atoms with E-state index >= 15 is 0 Å². The van der Waals surface area contributed by atoms with Gasteiger partial charge in [-0.25, -0.2) is 0 Å². The molecule has 1 N–H and O–H groups in total. The fraction of sp³-hybridized carbons (Fsp3) is 0.667. The Bertz CT molecular complexity index is 472. The lowest BCUT2D eigenvalue weighted by atomic mass is 9.85. The lowest BCUT2D eigenvalue weighted by Crippen LogP contribution is -2.26. The van der Waals surface area contributed by atoms with Crippen LogP contribution >= 0.6 is 11.6 Å². The molecule has 0 bridgehead atoms. The summed E-state index contributed by atoms with van der Waals surface area (Å²) in [7, 11) is 0. The molecule has 0 heterocycles. The maximum Gasteiger partial charge on any atom is 0.142 e. The molecule has 2 unspecified atom stereocenters. The number of halogens is 1. The van der Waals surface area contributed by atoms with Crippen LogP contribution in [0, 0.1) is 5.92 Å². The first-order valence-electron chi connectivity index (χ1n) is 8.43. The molecule has 3 heteroatoms. The van der Waals surface area contributed by atoms with E-state index in [0.717, 1.165) is 29.7 Å². The zero-order valence-corrected chi connectivity index (χ0v) is 13.7. The summed E-state index contributed by atoms with van der Waals surface area (Å²) in [6.07, 6.45) is 9.18. The summed E-state index contributed by atoms with van der Waals surface area (Å²) in [6.45, 7) is 3.15. The Morgan fingerprint density at radius 1 is 1.24 bits per heavy atom. The fourth-order valence-corrected chi connectivity index (χ4v) is 3.49. The molecule has 0 aliphatic heterocycles. The van der Waals surface area contributed by atoms with E-state index in [1.54, 1.807) is 0 Å². The Labute approximate surface area is 133 Å². The lowest BCUT2D eigenvalue weighted by Gasteiger charge is -2.30. The first kappa shape index (κ1) is 15.2. The smallest absolute Gasteiger partial charge is 0.142 e. The average molecular weight is 308 g/mol. The highest BCUT2D eigenvalue weighted by Gasteiger charge is 2.25. The van der Waals surface area contributed by atoms with Crippen LogP contribution in [0.1, 0.15) is 57.4 Å². The number of para-hydroxylation sites is 1. The van der Waals surface area contributed by atoms with Crippen molar-refractivity contribution in [2.45, 2.75) is 70.6 Å². The van der Waals surface area contributed by atoms with E-state index in [1.807, 2.05) is 12.1 Å². The fourth-order valence-electron chi connectivity index (χ4n) is 3.25. The molecule has 116 valence electrons. The molecular formula is C18H26ClNO. The summed E-state index contributed by atoms with van der Waals surface area (Å²) in [5.41, 5.74) is 1.20. The van der Waals surface area contributed by atoms with Gasteiger partial charge in [0.2, 0.25) is 0 Å². The van der Waals surface area contributed by atoms with E-state index in [0.29, 0.717) is 12.1 Å². The minimum absolute atomic E-state index is 0.336. The zero-order chi connectivity index (χ0) is 14.7. The van der Waals surface area contributed by atoms with Gasteiger partial charge in [0.25, 0.3) is 0 Å². The number of hydrogen-bond donors (Lipinski definition) is 1. The van der Waals surface area contributed by atoms with Crippen molar-refractivity contribution in [3.8, 4) is 5.75 Å². The molecule has 3 rings (SSSR count). The van der Waals surface area contributed by atoms with Gasteiger partial charge < -0.3 is 10.1 Å². The van der Waals surface area contributed by atoms with Crippen LogP contribution < -0.4 is 10.1 Å². The number of rotatable bonds is 6. The van der Waals surface area contributed by atoms with Crippen LogP contribution in [-0.2, 0) is 6.54 Å². The molecule has 2 nitrogen and oxygen atoms in total. The van der Waals surface area contributed by atoms with Gasteiger partial charge in [0.05, 0.1) is 11.1 Å². The van der Waals surface area contributed by atoms with Gasteiger partial charge >= 0.3 is 0 Å². The van der Waals surface area contributed by atoms with Gasteiger partial charge in [0.15, 0.2) is 0 Å². The van der Waals surface area contributed by atoms with Gasteiger partial charge in [0.1, 0.15) is 5.75 Å². The average Bonchev–Trinajstić information content (AvgIpc) is 3.32. The van der Waals surface area contributed by atoms with Gasteiger partial charge in [-0.05, 0) is 44.1 Å². The monoisotopic (exact) mass is 307 g/mol. The van der Waals surface area contributed by atoms with Crippen LogP contribution in [0.25, 0.3) is 0 Å². The highest BCUT2D eigenvalue weighted by atomic mass is 35.5. The largest absolute Gasteiger partial charge is 0.489 e. The highest BCUT2D eigenvalue weighted by molar-refractivity contribution is 6.32. The summed E-state index contributed by atoms with van der Waals surface area (Å²) in [5.74, 6) is 1.73. The molecule has 0 radical (unpaired) electrons. The predicted octanol–water partition coefficient (Wildman–Crippen LogP) is 4.94. The van der Waals surface area contributed by atoms with E-state index in [1.165, 1.54) is 44.1 Å². The summed E-state index contributed by atoms with van der Waals surface area (Å²) in [5, 5.41) is 4.31. The van der Waals surface area contributed by atoms with Crippen LogP contribution in [0.15, 0.2) is 18.2 Å². The first-order chi connectivity index (χ1) is 10.3. The topological polar surface area (TPSA) is 21.3 Å². The Hall–Kier alpha value is -0.730. The molecule has 21 heavy (non-hydrogen) atoms. The lowest BCUT2D eigenvalue weighted by molar-refractivity contribution is 0.121. The van der Waals surface area contributed by atoms with Crippen LogP contribution in [-0.4, -0.2) is 12.1 Å². The second kappa shape index (κ2) is 7.02. The number of hydrogen-bond acceptors (Lipinski definition) is 2. The second-order valence-corrected chi connectivity index (χ2v) is 6.97. The molecule has 0 spiro atoms. The van der Waals surface area contributed by atoms with E-state index in [-0.39, 0.29) is 0 Å². The van der Waals surface area contributed by atoms with Gasteiger partial charge in [-0.3, -0.25) is 0 Å². The quantitative estimate of drug-likeness (QED) is 0.803. The summed E-state index contributed by atoms with van der Waals surface area (Å²) in [4.78, 5) is 0. The molecule has 1 aromatic carbocycles. The van der Waals surface area contributed by atoms with E-state index in [9.17, 15) is 0 Å². The number of nitrogens with one attached hydrogen (secondary N) is 1. The molecule has 2 aliphatic carbocycles. The minimum atomic E-state index is 0.336. The van der Waals surface area contributed by atoms with Gasteiger partial charge in [0, 0.05) is 18.2 Å². The van der Waals surface area contributed by atoms with E-state index in [4.69, 9.17) is 16.3 Å². The molecular weight excluding hydrogens is 282 g/mol. The Balaban J connectivity index is 1.67. The first-order valence-corrected chi connectivity index (χ1v) is 8.81. The Morgan fingerprint density at radius 2 is 2.10 bits per heavy atom. The standard InChI is InChI=1S/C18H26ClNO/c1-2-13-5-3-7-16(11-13)21-18-14(6-4-8-17(18)19)12-20-15-9-10-15/h4,6,8,13,15-16,20H,2-3,5,7,9-12H2,1H3. The normalized spacial score (nSPS) is 25.8. The molecule has 0 saturated heterocycles. The predicted molar refractivity (Wildman–Crippen MR) is 88.0 cm³/mol. The Morgan fingerprint density at radius 3 is 2.86 bits per heavy atom. The minimum Gasteiger partial charge on any atom is -0.489 e. The summed E-state index contributed by atoms with van der Waals surface area (Å²) in [6, 6.07) is 6.81. The molecule has 0 aromatic heterocycles. The van der Waals surface area contributed by atoms with Crippen LogP contribution in [0.2, 0.25) is 5.02 Å². The SMILES string of the molecule is CCC1CCCC(Oc2c(Cl)cccc2CNC2CC2)C1. The van der Waals surface area contributed by atoms with Gasteiger partial charge in [-0.15, -0.1) is 0 Å². The van der Waals surface area contributed by atoms with Crippen molar-refractivity contribution in [1.82, 2.24) is 5.32 Å². The van der Waals surface area contributed by atoms with Gasteiger partial charge in [-0.1, -0.05) is 43.5 Å². The third kappa shape index (κ3) is 4.14.